The summed E-state index contributed by atoms with van der Waals surface area (Å²) in [5.74, 6) is 0.989. The van der Waals surface area contributed by atoms with Crippen LogP contribution in [-0.4, -0.2) is 22.6 Å². The number of benzene rings is 1. The Labute approximate surface area is 125 Å². The summed E-state index contributed by atoms with van der Waals surface area (Å²) in [5.41, 5.74) is 2.66. The van der Waals surface area contributed by atoms with Crippen LogP contribution >= 0.6 is 11.8 Å². The summed E-state index contributed by atoms with van der Waals surface area (Å²) in [7, 11) is 0. The van der Waals surface area contributed by atoms with Crippen molar-refractivity contribution in [2.45, 2.75) is 56.9 Å². The van der Waals surface area contributed by atoms with Gasteiger partial charge in [-0.3, -0.25) is 4.79 Å². The first kappa shape index (κ1) is 14.0. The predicted molar refractivity (Wildman–Crippen MR) is 84.7 cm³/mol. The molecular formula is C17H23NOS. The molecule has 108 valence electrons. The maximum atomic E-state index is 12.3. The third-order valence-corrected chi connectivity index (χ3v) is 5.78. The van der Waals surface area contributed by atoms with Crippen molar-refractivity contribution in [3.8, 4) is 0 Å². The molecule has 2 nitrogen and oxygen atoms in total. The maximum Gasteiger partial charge on any atom is 0.234 e. The van der Waals surface area contributed by atoms with E-state index in [9.17, 15) is 4.79 Å². The molecule has 0 bridgehead atoms. The van der Waals surface area contributed by atoms with Crippen LogP contribution in [0.3, 0.4) is 0 Å². The molecule has 1 aromatic carbocycles. The number of aryl methyl sites for hydroxylation is 1. The first-order valence-electron chi connectivity index (χ1n) is 7.81. The zero-order valence-electron chi connectivity index (χ0n) is 12.2. The molecule has 0 radical (unpaired) electrons. The normalized spacial score (nSPS) is 24.4. The maximum absolute atomic E-state index is 12.3. The molecule has 1 heterocycles. The van der Waals surface area contributed by atoms with Crippen molar-refractivity contribution in [1.82, 2.24) is 4.90 Å². The number of thioether (sulfide) groups is 1. The fourth-order valence-corrected chi connectivity index (χ4v) is 4.61. The van der Waals surface area contributed by atoms with E-state index in [2.05, 4.69) is 36.1 Å². The zero-order chi connectivity index (χ0) is 13.9. The SMILES string of the molecule is CCc1ccc([C@H]2SCC(=O)N2C2CCCCC2)cc1. The quantitative estimate of drug-likeness (QED) is 0.833. The summed E-state index contributed by atoms with van der Waals surface area (Å²) in [6.45, 7) is 2.18. The van der Waals surface area contributed by atoms with E-state index in [4.69, 9.17) is 0 Å². The van der Waals surface area contributed by atoms with Gasteiger partial charge in [0.25, 0.3) is 0 Å². The number of nitrogens with zero attached hydrogens (tertiary/aromatic N) is 1. The van der Waals surface area contributed by atoms with E-state index < -0.39 is 0 Å². The molecule has 2 fully saturated rings. The van der Waals surface area contributed by atoms with Gasteiger partial charge in [-0.2, -0.15) is 0 Å². The molecule has 0 aromatic heterocycles. The number of amides is 1. The molecule has 1 aliphatic carbocycles. The average Bonchev–Trinajstić information content (AvgIpc) is 2.90. The van der Waals surface area contributed by atoms with Crippen LogP contribution in [0.25, 0.3) is 0 Å². The Balaban J connectivity index is 1.80. The fraction of sp³-hybridized carbons (Fsp3) is 0.588. The van der Waals surface area contributed by atoms with Crippen molar-refractivity contribution in [1.29, 1.82) is 0 Å². The Bertz CT molecular complexity index is 464. The zero-order valence-corrected chi connectivity index (χ0v) is 13.0. The Kier molecular flexibility index (Phi) is 4.35. The Morgan fingerprint density at radius 3 is 2.50 bits per heavy atom. The number of hydrogen-bond acceptors (Lipinski definition) is 2. The summed E-state index contributed by atoms with van der Waals surface area (Å²) in [5, 5.41) is 0.247. The van der Waals surface area contributed by atoms with Crippen LogP contribution in [0.15, 0.2) is 24.3 Å². The molecule has 3 rings (SSSR count). The molecule has 1 aromatic rings. The minimum atomic E-state index is 0.247. The molecule has 0 spiro atoms. The number of carbonyl (C=O) groups is 1. The number of hydrogen-bond donors (Lipinski definition) is 0. The standard InChI is InChI=1S/C17H23NOS/c1-2-13-8-10-14(11-9-13)17-18(16(19)12-20-17)15-6-4-3-5-7-15/h8-11,15,17H,2-7,12H2,1H3/t17-/m1/s1. The van der Waals surface area contributed by atoms with Gasteiger partial charge in [0.15, 0.2) is 0 Å². The highest BCUT2D eigenvalue weighted by Crippen LogP contribution is 2.42. The van der Waals surface area contributed by atoms with E-state index >= 15 is 0 Å². The third-order valence-electron chi connectivity index (χ3n) is 4.55. The Hall–Kier alpha value is -0.960. The Morgan fingerprint density at radius 2 is 1.85 bits per heavy atom. The molecule has 1 saturated carbocycles. The van der Waals surface area contributed by atoms with Crippen molar-refractivity contribution in [2.75, 3.05) is 5.75 Å². The number of rotatable bonds is 3. The summed E-state index contributed by atoms with van der Waals surface area (Å²) in [6.07, 6.45) is 7.35. The monoisotopic (exact) mass is 289 g/mol. The second kappa shape index (κ2) is 6.21. The van der Waals surface area contributed by atoms with Gasteiger partial charge in [-0.15, -0.1) is 11.8 Å². The molecule has 0 unspecified atom stereocenters. The molecular weight excluding hydrogens is 266 g/mol. The smallest absolute Gasteiger partial charge is 0.234 e. The van der Waals surface area contributed by atoms with Gasteiger partial charge in [0, 0.05) is 6.04 Å². The first-order chi connectivity index (χ1) is 9.79. The summed E-state index contributed by atoms with van der Waals surface area (Å²) >= 11 is 1.80. The molecule has 1 amide bonds. The fourth-order valence-electron chi connectivity index (χ4n) is 3.36. The summed E-state index contributed by atoms with van der Waals surface area (Å²) < 4.78 is 0. The van der Waals surface area contributed by atoms with Crippen molar-refractivity contribution in [3.63, 3.8) is 0 Å². The van der Waals surface area contributed by atoms with Gasteiger partial charge in [-0.05, 0) is 30.4 Å². The lowest BCUT2D eigenvalue weighted by molar-refractivity contribution is -0.131. The van der Waals surface area contributed by atoms with Gasteiger partial charge in [-0.25, -0.2) is 0 Å². The van der Waals surface area contributed by atoms with Gasteiger partial charge in [0.2, 0.25) is 5.91 Å². The first-order valence-corrected chi connectivity index (χ1v) is 8.86. The highest BCUT2D eigenvalue weighted by Gasteiger charge is 2.37. The summed E-state index contributed by atoms with van der Waals surface area (Å²) in [6, 6.07) is 9.31. The minimum absolute atomic E-state index is 0.247. The summed E-state index contributed by atoms with van der Waals surface area (Å²) in [4.78, 5) is 14.5. The third kappa shape index (κ3) is 2.73. The van der Waals surface area contributed by atoms with E-state index in [1.807, 2.05) is 0 Å². The van der Waals surface area contributed by atoms with E-state index in [1.54, 1.807) is 11.8 Å². The molecule has 2 aliphatic rings. The molecule has 20 heavy (non-hydrogen) atoms. The van der Waals surface area contributed by atoms with Crippen molar-refractivity contribution in [2.24, 2.45) is 0 Å². The van der Waals surface area contributed by atoms with Crippen LogP contribution in [-0.2, 0) is 11.2 Å². The molecule has 1 aliphatic heterocycles. The molecule has 1 saturated heterocycles. The van der Waals surface area contributed by atoms with E-state index in [1.165, 1.54) is 43.2 Å². The van der Waals surface area contributed by atoms with Gasteiger partial charge in [0.1, 0.15) is 5.37 Å². The van der Waals surface area contributed by atoms with Crippen LogP contribution in [0.4, 0.5) is 0 Å². The highest BCUT2D eigenvalue weighted by atomic mass is 32.2. The second-order valence-corrected chi connectivity index (χ2v) is 6.92. The molecule has 3 heteroatoms. The van der Waals surface area contributed by atoms with Gasteiger partial charge < -0.3 is 4.90 Å². The largest absolute Gasteiger partial charge is 0.323 e. The molecule has 1 atom stereocenters. The van der Waals surface area contributed by atoms with E-state index in [0.717, 1.165) is 6.42 Å². The topological polar surface area (TPSA) is 20.3 Å². The van der Waals surface area contributed by atoms with Crippen LogP contribution in [0.1, 0.15) is 55.5 Å². The molecule has 0 N–H and O–H groups in total. The average molecular weight is 289 g/mol. The van der Waals surface area contributed by atoms with Crippen molar-refractivity contribution < 1.29 is 4.79 Å². The van der Waals surface area contributed by atoms with E-state index in [0.29, 0.717) is 17.7 Å². The lowest BCUT2D eigenvalue weighted by Gasteiger charge is -2.35. The van der Waals surface area contributed by atoms with Crippen LogP contribution < -0.4 is 0 Å². The van der Waals surface area contributed by atoms with Crippen LogP contribution in [0, 0.1) is 0 Å². The minimum Gasteiger partial charge on any atom is -0.323 e. The predicted octanol–water partition coefficient (Wildman–Crippen LogP) is 4.16. The van der Waals surface area contributed by atoms with Crippen LogP contribution in [0.5, 0.6) is 0 Å². The van der Waals surface area contributed by atoms with E-state index in [-0.39, 0.29) is 5.37 Å². The van der Waals surface area contributed by atoms with Gasteiger partial charge >= 0.3 is 0 Å². The van der Waals surface area contributed by atoms with Gasteiger partial charge in [-0.1, -0.05) is 50.5 Å². The second-order valence-electron chi connectivity index (χ2n) is 5.85. The highest BCUT2D eigenvalue weighted by molar-refractivity contribution is 8.00. The van der Waals surface area contributed by atoms with Crippen molar-refractivity contribution >= 4 is 17.7 Å². The van der Waals surface area contributed by atoms with Crippen LogP contribution in [0.2, 0.25) is 0 Å². The Morgan fingerprint density at radius 1 is 1.15 bits per heavy atom. The van der Waals surface area contributed by atoms with Crippen molar-refractivity contribution in [3.05, 3.63) is 35.4 Å². The lowest BCUT2D eigenvalue weighted by atomic mass is 9.93. The van der Waals surface area contributed by atoms with Gasteiger partial charge in [0.05, 0.1) is 5.75 Å². The number of carbonyl (C=O) groups excluding carboxylic acids is 1. The lowest BCUT2D eigenvalue weighted by Crippen LogP contribution is -2.39.